The van der Waals surface area contributed by atoms with E-state index < -0.39 is 7.92 Å². The Balaban J connectivity index is 1.34. The van der Waals surface area contributed by atoms with E-state index in [1.165, 1.54) is 42.9 Å². The van der Waals surface area contributed by atoms with E-state index in [9.17, 15) is 5.11 Å². The topological polar surface area (TPSA) is 46.0 Å². The van der Waals surface area contributed by atoms with Crippen molar-refractivity contribution in [2.45, 2.75) is 52.4 Å². The van der Waals surface area contributed by atoms with E-state index in [1.54, 1.807) is 17.4 Å². The maximum absolute atomic E-state index is 11.1. The lowest BCUT2D eigenvalue weighted by atomic mass is 9.79. The Kier molecular flexibility index (Phi) is 9.76. The van der Waals surface area contributed by atoms with Gasteiger partial charge in [0, 0.05) is 35.2 Å². The lowest BCUT2D eigenvalue weighted by Crippen LogP contribution is -2.23. The molecular formula is C50H45N2OPS. The highest BCUT2D eigenvalue weighted by Crippen LogP contribution is 2.41. The first-order valence-corrected chi connectivity index (χ1v) is 21.0. The summed E-state index contributed by atoms with van der Waals surface area (Å²) in [5, 5.41) is 17.0. The molecule has 0 aliphatic rings. The van der Waals surface area contributed by atoms with Crippen LogP contribution in [-0.4, -0.2) is 15.1 Å². The summed E-state index contributed by atoms with van der Waals surface area (Å²) in [4.78, 5) is 10.3. The van der Waals surface area contributed by atoms with Crippen molar-refractivity contribution in [3.8, 4) is 50.5 Å². The van der Waals surface area contributed by atoms with Gasteiger partial charge >= 0.3 is 0 Å². The summed E-state index contributed by atoms with van der Waals surface area (Å²) in [5.74, 6) is 0.211. The molecule has 8 aromatic rings. The highest BCUT2D eigenvalue weighted by atomic mass is 32.1. The zero-order chi connectivity index (χ0) is 38.3. The first-order valence-electron chi connectivity index (χ1n) is 18.8. The molecule has 1 unspecified atom stereocenters. The SMILES string of the molecule is CC(C)(C)c1cc(-c2cc(-c3cccc(P(c4ccccn4)c4cc(-c5ccccc5)cc5ccsc45)c3)nc(-c3ccccc3O)c2)cc(C(C)(C)C)c1. The molecule has 0 saturated heterocycles. The van der Waals surface area contributed by atoms with E-state index in [1.807, 2.05) is 30.5 Å². The van der Waals surface area contributed by atoms with Crippen molar-refractivity contribution in [1.29, 1.82) is 0 Å². The number of phenolic OH excluding ortho intramolecular Hbond substituents is 1. The average Bonchev–Trinajstić information content (AvgIpc) is 3.67. The second kappa shape index (κ2) is 14.7. The lowest BCUT2D eigenvalue weighted by molar-refractivity contribution is 0.477. The van der Waals surface area contributed by atoms with Gasteiger partial charge in [-0.25, -0.2) is 4.98 Å². The first kappa shape index (κ1) is 36.6. The van der Waals surface area contributed by atoms with Gasteiger partial charge in [0.1, 0.15) is 5.75 Å². The minimum Gasteiger partial charge on any atom is -0.507 e. The molecule has 8 rings (SSSR count). The highest BCUT2D eigenvalue weighted by Gasteiger charge is 2.24. The molecule has 0 radical (unpaired) electrons. The van der Waals surface area contributed by atoms with E-state index in [0.717, 1.165) is 33.5 Å². The van der Waals surface area contributed by atoms with Crippen molar-refractivity contribution in [2.24, 2.45) is 0 Å². The van der Waals surface area contributed by atoms with Gasteiger partial charge in [0.2, 0.25) is 0 Å². The molecule has 1 atom stereocenters. The molecule has 0 aliphatic carbocycles. The number of benzene rings is 5. The number of nitrogens with zero attached hydrogens (tertiary/aromatic N) is 2. The lowest BCUT2D eigenvalue weighted by Gasteiger charge is -2.26. The number of aromatic hydroxyl groups is 1. The Bertz CT molecular complexity index is 2600. The number of thiophene rings is 1. The van der Waals surface area contributed by atoms with E-state index in [-0.39, 0.29) is 16.6 Å². The molecule has 0 amide bonds. The van der Waals surface area contributed by atoms with Gasteiger partial charge in [-0.15, -0.1) is 11.3 Å². The molecule has 0 bridgehead atoms. The predicted molar refractivity (Wildman–Crippen MR) is 237 cm³/mol. The molecule has 0 fully saturated rings. The Hall–Kier alpha value is -5.41. The monoisotopic (exact) mass is 752 g/mol. The molecule has 272 valence electrons. The number of hydrogen-bond acceptors (Lipinski definition) is 4. The first-order chi connectivity index (χ1) is 26.4. The minimum absolute atomic E-state index is 0.0326. The number of rotatable bonds is 7. The number of pyridine rings is 2. The van der Waals surface area contributed by atoms with Crippen molar-refractivity contribution in [3.63, 3.8) is 0 Å². The van der Waals surface area contributed by atoms with E-state index in [0.29, 0.717) is 5.56 Å². The molecular weight excluding hydrogens is 708 g/mol. The molecule has 3 nitrogen and oxygen atoms in total. The number of hydrogen-bond donors (Lipinski definition) is 1. The Morgan fingerprint density at radius 3 is 1.91 bits per heavy atom. The van der Waals surface area contributed by atoms with Crippen LogP contribution in [0.1, 0.15) is 52.7 Å². The van der Waals surface area contributed by atoms with E-state index >= 15 is 0 Å². The largest absolute Gasteiger partial charge is 0.507 e. The third-order valence-electron chi connectivity index (χ3n) is 10.2. The van der Waals surface area contributed by atoms with Crippen LogP contribution in [0.3, 0.4) is 0 Å². The summed E-state index contributed by atoms with van der Waals surface area (Å²) in [7, 11) is -1.04. The van der Waals surface area contributed by atoms with Gasteiger partial charge in [0.25, 0.3) is 0 Å². The zero-order valence-electron chi connectivity index (χ0n) is 32.2. The third-order valence-corrected chi connectivity index (χ3v) is 13.6. The fraction of sp³-hybridized carbons (Fsp3) is 0.160. The van der Waals surface area contributed by atoms with E-state index in [4.69, 9.17) is 9.97 Å². The smallest absolute Gasteiger partial charge is 0.124 e. The summed E-state index contributed by atoms with van der Waals surface area (Å²) < 4.78 is 1.29. The standard InChI is InChI=1S/C50H45N2OPS/c1-49(2,3)39-26-37(27-40(32-39)50(4,5)6)38-29-43(52-44(30-38)42-19-10-11-20-45(42)53)34-17-14-18-41(28-34)54(47-21-12-13-23-51-47)46-31-36(33-15-8-7-9-16-33)25-35-22-24-55-48(35)46/h7-32,53H,1-6H3. The van der Waals surface area contributed by atoms with Gasteiger partial charge in [-0.05, 0) is 121 Å². The van der Waals surface area contributed by atoms with Crippen LogP contribution >= 0.6 is 19.3 Å². The minimum atomic E-state index is -1.04. The van der Waals surface area contributed by atoms with Gasteiger partial charge in [-0.2, -0.15) is 0 Å². The second-order valence-electron chi connectivity index (χ2n) is 16.2. The molecule has 0 aliphatic heterocycles. The number of aromatic nitrogens is 2. The maximum atomic E-state index is 11.1. The van der Waals surface area contributed by atoms with Gasteiger partial charge < -0.3 is 5.11 Å². The van der Waals surface area contributed by atoms with Crippen molar-refractivity contribution in [2.75, 3.05) is 0 Å². The fourth-order valence-corrected chi connectivity index (χ4v) is 10.6. The molecule has 55 heavy (non-hydrogen) atoms. The number of fused-ring (bicyclic) bond motifs is 1. The predicted octanol–water partition coefficient (Wildman–Crippen LogP) is 12.4. The molecule has 5 heteroatoms. The summed E-state index contributed by atoms with van der Waals surface area (Å²) in [6.45, 7) is 13.6. The van der Waals surface area contributed by atoms with E-state index in [2.05, 4.69) is 162 Å². The number of phenols is 1. The van der Waals surface area contributed by atoms with Crippen molar-refractivity contribution in [1.82, 2.24) is 9.97 Å². The zero-order valence-corrected chi connectivity index (χ0v) is 33.9. The normalized spacial score (nSPS) is 12.5. The summed E-state index contributed by atoms with van der Waals surface area (Å²) in [6.07, 6.45) is 1.91. The molecule has 0 saturated carbocycles. The van der Waals surface area contributed by atoms with Crippen LogP contribution in [0.15, 0.2) is 157 Å². The number of para-hydroxylation sites is 1. The van der Waals surface area contributed by atoms with Crippen LogP contribution in [-0.2, 0) is 10.8 Å². The quantitative estimate of drug-likeness (QED) is 0.165. The summed E-state index contributed by atoms with van der Waals surface area (Å²) >= 11 is 1.79. The van der Waals surface area contributed by atoms with Crippen LogP contribution in [0.5, 0.6) is 5.75 Å². The van der Waals surface area contributed by atoms with Crippen LogP contribution in [0, 0.1) is 0 Å². The Labute approximate surface area is 330 Å². The third kappa shape index (κ3) is 7.63. The molecule has 1 N–H and O–H groups in total. The molecule has 0 spiro atoms. The molecule has 3 aromatic heterocycles. The molecule has 3 heterocycles. The fourth-order valence-electron chi connectivity index (χ4n) is 7.05. The van der Waals surface area contributed by atoms with Crippen molar-refractivity contribution < 1.29 is 5.11 Å². The maximum Gasteiger partial charge on any atom is 0.124 e. The van der Waals surface area contributed by atoms with Gasteiger partial charge in [-0.3, -0.25) is 4.98 Å². The van der Waals surface area contributed by atoms with Gasteiger partial charge in [0.05, 0.1) is 16.8 Å². The van der Waals surface area contributed by atoms with Crippen LogP contribution in [0.25, 0.3) is 54.9 Å². The van der Waals surface area contributed by atoms with Gasteiger partial charge in [-0.1, -0.05) is 126 Å². The van der Waals surface area contributed by atoms with Crippen molar-refractivity contribution in [3.05, 3.63) is 168 Å². The Morgan fingerprint density at radius 1 is 0.545 bits per heavy atom. The summed E-state index contributed by atoms with van der Waals surface area (Å²) in [5.41, 5.74) is 11.5. The Morgan fingerprint density at radius 2 is 1.20 bits per heavy atom. The van der Waals surface area contributed by atoms with Crippen LogP contribution in [0.4, 0.5) is 0 Å². The van der Waals surface area contributed by atoms with Crippen LogP contribution < -0.4 is 16.0 Å². The molecule has 5 aromatic carbocycles. The summed E-state index contributed by atoms with van der Waals surface area (Å²) in [6, 6.07) is 51.5. The van der Waals surface area contributed by atoms with Crippen molar-refractivity contribution >= 4 is 45.4 Å². The highest BCUT2D eigenvalue weighted by molar-refractivity contribution is 7.80. The second-order valence-corrected chi connectivity index (χ2v) is 19.3. The average molecular weight is 753 g/mol. The van der Waals surface area contributed by atoms with Gasteiger partial charge in [0.15, 0.2) is 0 Å². The van der Waals surface area contributed by atoms with Crippen LogP contribution in [0.2, 0.25) is 0 Å².